The Hall–Kier alpha value is -1.06. The number of benzene rings is 1. The van der Waals surface area contributed by atoms with Gasteiger partial charge in [0.25, 0.3) is 0 Å². The maximum Gasteiger partial charge on any atom is 0.303 e. The second-order valence-corrected chi connectivity index (χ2v) is 6.28. The Bertz CT molecular complexity index is 446. The van der Waals surface area contributed by atoms with Crippen LogP contribution in [0.15, 0.2) is 24.3 Å². The van der Waals surface area contributed by atoms with E-state index in [0.29, 0.717) is 5.92 Å². The summed E-state index contributed by atoms with van der Waals surface area (Å²) in [5.74, 6) is 0.0555. The van der Waals surface area contributed by atoms with E-state index in [-0.39, 0.29) is 12.3 Å². The van der Waals surface area contributed by atoms with Gasteiger partial charge in [-0.2, -0.15) is 0 Å². The van der Waals surface area contributed by atoms with E-state index in [9.17, 15) is 4.79 Å². The molecule has 2 rings (SSSR count). The quantitative estimate of drug-likeness (QED) is 0.901. The van der Waals surface area contributed by atoms with Crippen molar-refractivity contribution >= 4 is 17.6 Å². The van der Waals surface area contributed by atoms with E-state index in [2.05, 4.69) is 24.0 Å². The normalized spacial score (nSPS) is 21.6. The molecular formula is C16H22ClNO2. The second-order valence-electron chi connectivity index (χ2n) is 5.84. The fourth-order valence-electron chi connectivity index (χ4n) is 2.99. The van der Waals surface area contributed by atoms with Crippen molar-refractivity contribution in [2.75, 3.05) is 13.1 Å². The molecule has 0 radical (unpaired) electrons. The van der Waals surface area contributed by atoms with Gasteiger partial charge in [0.2, 0.25) is 0 Å². The first-order valence-corrected chi connectivity index (χ1v) is 7.61. The molecule has 1 aliphatic rings. The molecule has 1 aromatic rings. The fourth-order valence-corrected chi connectivity index (χ4v) is 3.12. The smallest absolute Gasteiger partial charge is 0.303 e. The van der Waals surface area contributed by atoms with Crippen molar-refractivity contribution in [3.8, 4) is 0 Å². The highest BCUT2D eigenvalue weighted by Gasteiger charge is 2.25. The second kappa shape index (κ2) is 7.09. The van der Waals surface area contributed by atoms with Crippen molar-refractivity contribution in [2.24, 2.45) is 11.8 Å². The van der Waals surface area contributed by atoms with E-state index in [0.717, 1.165) is 37.5 Å². The largest absolute Gasteiger partial charge is 0.481 e. The molecule has 1 saturated heterocycles. The number of halogens is 1. The highest BCUT2D eigenvalue weighted by Crippen LogP contribution is 2.27. The third kappa shape index (κ3) is 4.50. The summed E-state index contributed by atoms with van der Waals surface area (Å²) >= 11 is 5.90. The molecule has 0 bridgehead atoms. The van der Waals surface area contributed by atoms with Crippen LogP contribution in [0.1, 0.15) is 31.7 Å². The molecule has 1 aliphatic heterocycles. The van der Waals surface area contributed by atoms with Crippen LogP contribution in [0.4, 0.5) is 0 Å². The van der Waals surface area contributed by atoms with Crippen LogP contribution in [0.2, 0.25) is 5.02 Å². The molecule has 2 unspecified atom stereocenters. The molecule has 1 aromatic carbocycles. The third-order valence-electron chi connectivity index (χ3n) is 4.16. The van der Waals surface area contributed by atoms with Crippen LogP contribution in [0, 0.1) is 11.8 Å². The van der Waals surface area contributed by atoms with Crippen molar-refractivity contribution < 1.29 is 9.90 Å². The molecule has 1 fully saturated rings. The predicted octanol–water partition coefficient (Wildman–Crippen LogP) is 3.66. The molecule has 4 heteroatoms. The molecule has 0 spiro atoms. The van der Waals surface area contributed by atoms with Crippen LogP contribution in [0.25, 0.3) is 0 Å². The van der Waals surface area contributed by atoms with Crippen LogP contribution in [0.3, 0.4) is 0 Å². The Morgan fingerprint density at radius 1 is 1.45 bits per heavy atom. The number of rotatable bonds is 5. The van der Waals surface area contributed by atoms with Gasteiger partial charge in [-0.15, -0.1) is 0 Å². The monoisotopic (exact) mass is 295 g/mol. The van der Waals surface area contributed by atoms with Gasteiger partial charge >= 0.3 is 5.97 Å². The van der Waals surface area contributed by atoms with Gasteiger partial charge in [-0.25, -0.2) is 0 Å². The van der Waals surface area contributed by atoms with Gasteiger partial charge in [-0.1, -0.05) is 30.7 Å². The van der Waals surface area contributed by atoms with Gasteiger partial charge < -0.3 is 5.11 Å². The van der Waals surface area contributed by atoms with E-state index < -0.39 is 5.97 Å². The van der Waals surface area contributed by atoms with Gasteiger partial charge in [-0.3, -0.25) is 9.69 Å². The maximum absolute atomic E-state index is 10.8. The molecule has 110 valence electrons. The fraction of sp³-hybridized carbons (Fsp3) is 0.562. The number of aliphatic carboxylic acids is 1. The first-order valence-electron chi connectivity index (χ1n) is 7.23. The summed E-state index contributed by atoms with van der Waals surface area (Å²) in [6, 6.07) is 7.97. The highest BCUT2D eigenvalue weighted by molar-refractivity contribution is 6.30. The minimum Gasteiger partial charge on any atom is -0.481 e. The van der Waals surface area contributed by atoms with Crippen LogP contribution in [-0.4, -0.2) is 29.1 Å². The number of nitrogens with zero attached hydrogens (tertiary/aromatic N) is 1. The summed E-state index contributed by atoms with van der Waals surface area (Å²) in [6.07, 6.45) is 2.58. The summed E-state index contributed by atoms with van der Waals surface area (Å²) in [5, 5.41) is 9.68. The first kappa shape index (κ1) is 15.3. The molecule has 1 heterocycles. The standard InChI is InChI=1S/C16H22ClNO2/c1-12(9-16(19)20)14-3-2-8-18(11-14)10-13-4-6-15(17)7-5-13/h4-7,12,14H,2-3,8-11H2,1H3,(H,19,20). The lowest BCUT2D eigenvalue weighted by Gasteiger charge is -2.35. The van der Waals surface area contributed by atoms with E-state index in [1.165, 1.54) is 5.56 Å². The molecule has 0 amide bonds. The van der Waals surface area contributed by atoms with Crippen molar-refractivity contribution in [2.45, 2.75) is 32.7 Å². The van der Waals surface area contributed by atoms with Gasteiger partial charge in [-0.05, 0) is 48.9 Å². The Kier molecular flexibility index (Phi) is 5.44. The molecule has 0 saturated carbocycles. The van der Waals surface area contributed by atoms with E-state index in [1.54, 1.807) is 0 Å². The Balaban J connectivity index is 1.89. The summed E-state index contributed by atoms with van der Waals surface area (Å²) in [5.41, 5.74) is 1.26. The van der Waals surface area contributed by atoms with Gasteiger partial charge in [0.15, 0.2) is 0 Å². The zero-order valence-corrected chi connectivity index (χ0v) is 12.6. The Labute approximate surface area is 125 Å². The first-order chi connectivity index (χ1) is 9.54. The van der Waals surface area contributed by atoms with E-state index in [1.807, 2.05) is 12.1 Å². The van der Waals surface area contributed by atoms with Gasteiger partial charge in [0, 0.05) is 24.5 Å². The number of carboxylic acids is 1. The molecule has 0 aromatic heterocycles. The van der Waals surface area contributed by atoms with Crippen molar-refractivity contribution in [1.29, 1.82) is 0 Å². The van der Waals surface area contributed by atoms with Crippen LogP contribution in [-0.2, 0) is 11.3 Å². The lowest BCUT2D eigenvalue weighted by Crippen LogP contribution is -2.37. The number of carbonyl (C=O) groups is 1. The topological polar surface area (TPSA) is 40.5 Å². The lowest BCUT2D eigenvalue weighted by molar-refractivity contribution is -0.138. The highest BCUT2D eigenvalue weighted by atomic mass is 35.5. The molecular weight excluding hydrogens is 274 g/mol. The van der Waals surface area contributed by atoms with Crippen LogP contribution in [0.5, 0.6) is 0 Å². The molecule has 2 atom stereocenters. The van der Waals surface area contributed by atoms with Gasteiger partial charge in [0.1, 0.15) is 0 Å². The van der Waals surface area contributed by atoms with E-state index >= 15 is 0 Å². The summed E-state index contributed by atoms with van der Waals surface area (Å²) in [7, 11) is 0. The zero-order valence-electron chi connectivity index (χ0n) is 11.9. The SMILES string of the molecule is CC(CC(=O)O)C1CCCN(Cc2ccc(Cl)cc2)C1. The predicted molar refractivity (Wildman–Crippen MR) is 80.9 cm³/mol. The number of carboxylic acid groups (broad SMARTS) is 1. The number of hydrogen-bond acceptors (Lipinski definition) is 2. The zero-order chi connectivity index (χ0) is 14.5. The molecule has 0 aliphatic carbocycles. The summed E-state index contributed by atoms with van der Waals surface area (Å²) in [4.78, 5) is 13.3. The van der Waals surface area contributed by atoms with Crippen LogP contribution < -0.4 is 0 Å². The van der Waals surface area contributed by atoms with Crippen molar-refractivity contribution in [3.05, 3.63) is 34.9 Å². The van der Waals surface area contributed by atoms with Gasteiger partial charge in [0.05, 0.1) is 0 Å². The minimum atomic E-state index is -0.688. The number of hydrogen-bond donors (Lipinski definition) is 1. The summed E-state index contributed by atoms with van der Waals surface area (Å²) < 4.78 is 0. The number of piperidine rings is 1. The van der Waals surface area contributed by atoms with Crippen molar-refractivity contribution in [1.82, 2.24) is 4.90 Å². The summed E-state index contributed by atoms with van der Waals surface area (Å²) in [6.45, 7) is 5.08. The minimum absolute atomic E-state index is 0.250. The van der Waals surface area contributed by atoms with E-state index in [4.69, 9.17) is 16.7 Å². The Morgan fingerprint density at radius 3 is 2.80 bits per heavy atom. The van der Waals surface area contributed by atoms with Crippen molar-refractivity contribution in [3.63, 3.8) is 0 Å². The molecule has 3 nitrogen and oxygen atoms in total. The number of likely N-dealkylation sites (tertiary alicyclic amines) is 1. The van der Waals surface area contributed by atoms with Crippen LogP contribution >= 0.6 is 11.6 Å². The molecule has 1 N–H and O–H groups in total. The third-order valence-corrected chi connectivity index (χ3v) is 4.41. The maximum atomic E-state index is 10.8. The Morgan fingerprint density at radius 2 is 2.15 bits per heavy atom. The average Bonchev–Trinajstić information content (AvgIpc) is 2.41. The average molecular weight is 296 g/mol. The lowest BCUT2D eigenvalue weighted by atomic mass is 9.84. The molecule has 20 heavy (non-hydrogen) atoms.